The zero-order valence-electron chi connectivity index (χ0n) is 14.4. The van der Waals surface area contributed by atoms with Crippen LogP contribution in [0.5, 0.6) is 0 Å². The van der Waals surface area contributed by atoms with E-state index in [-0.39, 0.29) is 0 Å². The van der Waals surface area contributed by atoms with E-state index in [0.717, 1.165) is 41.5 Å². The molecule has 4 aromatic rings. The summed E-state index contributed by atoms with van der Waals surface area (Å²) >= 11 is 0. The van der Waals surface area contributed by atoms with Crippen molar-refractivity contribution in [3.8, 4) is 22.7 Å². The van der Waals surface area contributed by atoms with E-state index in [9.17, 15) is 0 Å². The molecule has 5 nitrogen and oxygen atoms in total. The van der Waals surface area contributed by atoms with Crippen LogP contribution in [0.4, 0.5) is 0 Å². The van der Waals surface area contributed by atoms with Gasteiger partial charge in [-0.2, -0.15) is 5.10 Å². The van der Waals surface area contributed by atoms with Gasteiger partial charge in [0.25, 0.3) is 0 Å². The predicted octanol–water partition coefficient (Wildman–Crippen LogP) is 4.32. The Bertz CT molecular complexity index is 965. The van der Waals surface area contributed by atoms with E-state index < -0.39 is 0 Å². The summed E-state index contributed by atoms with van der Waals surface area (Å²) in [7, 11) is 0. The largest absolute Gasteiger partial charge is 0.463 e. The van der Waals surface area contributed by atoms with E-state index >= 15 is 0 Å². The first-order chi connectivity index (χ1) is 12.2. The van der Waals surface area contributed by atoms with Gasteiger partial charge in [-0.25, -0.2) is 4.98 Å². The van der Waals surface area contributed by atoms with Gasteiger partial charge in [0.2, 0.25) is 0 Å². The number of nitrogens with zero attached hydrogens (tertiary/aromatic N) is 4. The molecule has 1 aromatic carbocycles. The fourth-order valence-electron chi connectivity index (χ4n) is 3.13. The Morgan fingerprint density at radius 3 is 2.52 bits per heavy atom. The zero-order valence-corrected chi connectivity index (χ0v) is 14.4. The van der Waals surface area contributed by atoms with Gasteiger partial charge in [0, 0.05) is 17.8 Å². The van der Waals surface area contributed by atoms with E-state index in [1.165, 1.54) is 5.69 Å². The van der Waals surface area contributed by atoms with Gasteiger partial charge in [0.05, 0.1) is 30.5 Å². The first-order valence-corrected chi connectivity index (χ1v) is 8.38. The van der Waals surface area contributed by atoms with Crippen LogP contribution in [0.2, 0.25) is 0 Å². The Labute approximate surface area is 146 Å². The number of aromatic nitrogens is 4. The number of hydrogen-bond acceptors (Lipinski definition) is 3. The molecule has 0 spiro atoms. The molecule has 0 N–H and O–H groups in total. The molecule has 0 bridgehead atoms. The molecule has 0 unspecified atom stereocenters. The number of rotatable bonds is 5. The van der Waals surface area contributed by atoms with Crippen LogP contribution < -0.4 is 0 Å². The molecule has 126 valence electrons. The van der Waals surface area contributed by atoms with Gasteiger partial charge in [-0.05, 0) is 32.0 Å². The third-order valence-electron chi connectivity index (χ3n) is 4.30. The van der Waals surface area contributed by atoms with Crippen molar-refractivity contribution in [3.05, 3.63) is 72.5 Å². The summed E-state index contributed by atoms with van der Waals surface area (Å²) in [5, 5.41) is 4.54. The molecule has 0 atom stereocenters. The zero-order chi connectivity index (χ0) is 17.2. The highest BCUT2D eigenvalue weighted by Gasteiger charge is 2.17. The molecule has 0 saturated carbocycles. The third-order valence-corrected chi connectivity index (χ3v) is 4.30. The van der Waals surface area contributed by atoms with E-state index in [4.69, 9.17) is 4.42 Å². The molecule has 0 aliphatic rings. The maximum absolute atomic E-state index is 5.68. The summed E-state index contributed by atoms with van der Waals surface area (Å²) in [5.41, 5.74) is 5.22. The summed E-state index contributed by atoms with van der Waals surface area (Å²) in [4.78, 5) is 4.66. The van der Waals surface area contributed by atoms with Crippen molar-refractivity contribution in [1.29, 1.82) is 0 Å². The molecule has 25 heavy (non-hydrogen) atoms. The van der Waals surface area contributed by atoms with Crippen LogP contribution in [0.15, 0.2) is 65.5 Å². The Morgan fingerprint density at radius 2 is 1.84 bits per heavy atom. The molecule has 0 aliphatic heterocycles. The van der Waals surface area contributed by atoms with Crippen molar-refractivity contribution in [2.75, 3.05) is 0 Å². The van der Waals surface area contributed by atoms with Crippen LogP contribution in [0.25, 0.3) is 22.7 Å². The van der Waals surface area contributed by atoms with Crippen molar-refractivity contribution >= 4 is 0 Å². The Hall–Kier alpha value is -3.08. The van der Waals surface area contributed by atoms with Gasteiger partial charge in [0.1, 0.15) is 5.69 Å². The van der Waals surface area contributed by atoms with Crippen molar-refractivity contribution in [1.82, 2.24) is 19.3 Å². The topological polar surface area (TPSA) is 48.8 Å². The predicted molar refractivity (Wildman–Crippen MR) is 97.1 cm³/mol. The minimum atomic E-state index is 0.776. The monoisotopic (exact) mass is 332 g/mol. The molecule has 0 fully saturated rings. The maximum Gasteiger partial charge on any atom is 0.152 e. The molecular formula is C20H20N4O. The average Bonchev–Trinajstić information content (AvgIpc) is 3.33. The van der Waals surface area contributed by atoms with Crippen LogP contribution in [-0.4, -0.2) is 19.3 Å². The van der Waals surface area contributed by atoms with Crippen LogP contribution in [0.3, 0.4) is 0 Å². The minimum Gasteiger partial charge on any atom is -0.463 e. The van der Waals surface area contributed by atoms with Crippen molar-refractivity contribution in [2.45, 2.75) is 26.9 Å². The standard InChI is InChI=1S/C20H20N4O/c1-15-13-16(2)24(22-15)11-10-23-14-21-19(17-7-4-3-5-8-17)20(23)18-9-6-12-25-18/h3-9,12-14H,10-11H2,1-2H3. The Balaban J connectivity index is 1.71. The highest BCUT2D eigenvalue weighted by molar-refractivity contribution is 5.76. The smallest absolute Gasteiger partial charge is 0.152 e. The summed E-state index contributed by atoms with van der Waals surface area (Å²) in [6, 6.07) is 16.2. The second-order valence-corrected chi connectivity index (χ2v) is 6.13. The number of benzene rings is 1. The van der Waals surface area contributed by atoms with Crippen LogP contribution >= 0.6 is 0 Å². The van der Waals surface area contributed by atoms with Crippen molar-refractivity contribution in [3.63, 3.8) is 0 Å². The van der Waals surface area contributed by atoms with E-state index in [2.05, 4.69) is 39.8 Å². The average molecular weight is 332 g/mol. The molecule has 0 radical (unpaired) electrons. The molecule has 0 saturated heterocycles. The van der Waals surface area contributed by atoms with Crippen LogP contribution in [0.1, 0.15) is 11.4 Å². The van der Waals surface area contributed by atoms with Crippen molar-refractivity contribution in [2.24, 2.45) is 0 Å². The minimum absolute atomic E-state index is 0.776. The first-order valence-electron chi connectivity index (χ1n) is 8.38. The highest BCUT2D eigenvalue weighted by Crippen LogP contribution is 2.31. The maximum atomic E-state index is 5.68. The second kappa shape index (κ2) is 6.43. The number of imidazole rings is 1. The molecular weight excluding hydrogens is 312 g/mol. The Kier molecular flexibility index (Phi) is 3.98. The molecule has 0 aliphatic carbocycles. The molecule has 0 amide bonds. The van der Waals surface area contributed by atoms with Gasteiger partial charge >= 0.3 is 0 Å². The fraction of sp³-hybridized carbons (Fsp3) is 0.200. The molecule has 4 rings (SSSR count). The molecule has 3 heterocycles. The summed E-state index contributed by atoms with van der Waals surface area (Å²) in [6.07, 6.45) is 3.58. The third kappa shape index (κ3) is 3.01. The second-order valence-electron chi connectivity index (χ2n) is 6.13. The summed E-state index contributed by atoms with van der Waals surface area (Å²) in [6.45, 7) is 5.66. The number of furan rings is 1. The van der Waals surface area contributed by atoms with Crippen LogP contribution in [-0.2, 0) is 13.1 Å². The SMILES string of the molecule is Cc1cc(C)n(CCn2cnc(-c3ccccc3)c2-c2ccco2)n1. The van der Waals surface area contributed by atoms with Gasteiger partial charge in [-0.1, -0.05) is 30.3 Å². The number of aryl methyl sites for hydroxylation is 4. The Morgan fingerprint density at radius 1 is 1.00 bits per heavy atom. The normalized spacial score (nSPS) is 11.1. The fourth-order valence-corrected chi connectivity index (χ4v) is 3.13. The highest BCUT2D eigenvalue weighted by atomic mass is 16.3. The van der Waals surface area contributed by atoms with E-state index in [1.54, 1.807) is 6.26 Å². The van der Waals surface area contributed by atoms with Crippen LogP contribution in [0, 0.1) is 13.8 Å². The van der Waals surface area contributed by atoms with E-state index in [0.29, 0.717) is 0 Å². The van der Waals surface area contributed by atoms with Gasteiger partial charge in [-0.15, -0.1) is 0 Å². The van der Waals surface area contributed by atoms with Crippen molar-refractivity contribution < 1.29 is 4.42 Å². The quantitative estimate of drug-likeness (QED) is 0.547. The lowest BCUT2D eigenvalue weighted by Gasteiger charge is -2.10. The molecule has 5 heteroatoms. The molecule has 3 aromatic heterocycles. The van der Waals surface area contributed by atoms with Gasteiger partial charge < -0.3 is 8.98 Å². The number of hydrogen-bond donors (Lipinski definition) is 0. The first kappa shape index (κ1) is 15.4. The van der Waals surface area contributed by atoms with Gasteiger partial charge in [0.15, 0.2) is 5.76 Å². The lowest BCUT2D eigenvalue weighted by Crippen LogP contribution is -2.10. The lowest BCUT2D eigenvalue weighted by molar-refractivity contribution is 0.515. The lowest BCUT2D eigenvalue weighted by atomic mass is 10.1. The summed E-state index contributed by atoms with van der Waals surface area (Å²) in [5.74, 6) is 0.824. The van der Waals surface area contributed by atoms with E-state index in [1.807, 2.05) is 48.3 Å². The summed E-state index contributed by atoms with van der Waals surface area (Å²) < 4.78 is 9.85. The van der Waals surface area contributed by atoms with Gasteiger partial charge in [-0.3, -0.25) is 4.68 Å².